The fourth-order valence-electron chi connectivity index (χ4n) is 1.40. The Morgan fingerprint density at radius 2 is 1.53 bits per heavy atom. The lowest BCUT2D eigenvalue weighted by molar-refractivity contribution is -0.155. The van der Waals surface area contributed by atoms with Gasteiger partial charge >= 0.3 is 0 Å². The maximum absolute atomic E-state index is 11.5. The summed E-state index contributed by atoms with van der Waals surface area (Å²) in [6, 6.07) is 0. The zero-order valence-electron chi connectivity index (χ0n) is 11.0. The van der Waals surface area contributed by atoms with Gasteiger partial charge in [0.15, 0.2) is 5.78 Å². The average Bonchev–Trinajstić information content (AvgIpc) is 2.40. The van der Waals surface area contributed by atoms with E-state index in [2.05, 4.69) is 0 Å². The van der Waals surface area contributed by atoms with Crippen LogP contribution < -0.4 is 0 Å². The van der Waals surface area contributed by atoms with Crippen molar-refractivity contribution >= 4 is 5.78 Å². The molecule has 0 bridgehead atoms. The molecule has 0 aromatic rings. The third-order valence-corrected chi connectivity index (χ3v) is 2.74. The molecule has 0 aromatic heterocycles. The molecule has 5 unspecified atom stereocenters. The van der Waals surface area contributed by atoms with E-state index in [-0.39, 0.29) is 6.42 Å². The van der Waals surface area contributed by atoms with Crippen LogP contribution in [0.1, 0.15) is 6.42 Å². The number of aliphatic hydroxyl groups excluding tert-OH is 6. The van der Waals surface area contributed by atoms with Gasteiger partial charge in [-0.05, 0) is 14.1 Å². The zero-order valence-corrected chi connectivity index (χ0v) is 11.0. The monoisotopic (exact) mass is 281 g/mol. The Morgan fingerprint density at radius 1 is 1.00 bits per heavy atom. The maximum Gasteiger partial charge on any atom is 0.165 e. The number of carbonyl (C=O) groups is 1. The summed E-state index contributed by atoms with van der Waals surface area (Å²) in [4.78, 5) is 13.2. The Labute approximate surface area is 111 Å². The molecule has 0 heterocycles. The number of carbonyl (C=O) groups excluding carboxylic acids is 1. The van der Waals surface area contributed by atoms with Crippen molar-refractivity contribution in [1.82, 2.24) is 4.90 Å². The lowest BCUT2D eigenvalue weighted by atomic mass is 9.96. The molecule has 0 aliphatic carbocycles. The number of Topliss-reactive ketones (excluding diaryl/α,β-unsaturated/α-hetero) is 1. The molecule has 0 radical (unpaired) electrons. The van der Waals surface area contributed by atoms with Gasteiger partial charge in [-0.2, -0.15) is 0 Å². The van der Waals surface area contributed by atoms with E-state index in [4.69, 9.17) is 10.2 Å². The van der Waals surface area contributed by atoms with E-state index in [0.717, 1.165) is 0 Å². The summed E-state index contributed by atoms with van der Waals surface area (Å²) in [5.41, 5.74) is 0. The van der Waals surface area contributed by atoms with Crippen LogP contribution in [0.5, 0.6) is 0 Å². The molecule has 0 aromatic carbocycles. The van der Waals surface area contributed by atoms with Crippen molar-refractivity contribution in [2.75, 3.05) is 27.2 Å². The second-order valence-corrected chi connectivity index (χ2v) is 4.69. The lowest BCUT2D eigenvalue weighted by Gasteiger charge is -2.28. The zero-order chi connectivity index (χ0) is 15.2. The van der Waals surface area contributed by atoms with Crippen molar-refractivity contribution in [3.63, 3.8) is 0 Å². The van der Waals surface area contributed by atoms with Crippen molar-refractivity contribution in [2.24, 2.45) is 0 Å². The van der Waals surface area contributed by atoms with E-state index in [9.17, 15) is 25.2 Å². The van der Waals surface area contributed by atoms with Crippen molar-refractivity contribution in [3.8, 4) is 0 Å². The summed E-state index contributed by atoms with van der Waals surface area (Å²) in [5.74, 6) is -0.689. The fourth-order valence-corrected chi connectivity index (χ4v) is 1.40. The van der Waals surface area contributed by atoms with Crippen LogP contribution in [0.3, 0.4) is 0 Å². The van der Waals surface area contributed by atoms with E-state index < -0.39 is 42.9 Å². The Balaban J connectivity index is 4.45. The molecule has 19 heavy (non-hydrogen) atoms. The van der Waals surface area contributed by atoms with Gasteiger partial charge in [0, 0.05) is 13.0 Å². The number of hydrogen-bond acceptors (Lipinski definition) is 8. The van der Waals surface area contributed by atoms with Crippen molar-refractivity contribution < 1.29 is 35.4 Å². The number of aliphatic hydroxyl groups is 6. The van der Waals surface area contributed by atoms with E-state index in [1.165, 1.54) is 0 Å². The predicted octanol–water partition coefficient (Wildman–Crippen LogP) is -3.70. The summed E-state index contributed by atoms with van der Waals surface area (Å²) in [7, 11) is 3.46. The second kappa shape index (κ2) is 8.54. The van der Waals surface area contributed by atoms with Crippen LogP contribution >= 0.6 is 0 Å². The van der Waals surface area contributed by atoms with Gasteiger partial charge in [-0.25, -0.2) is 0 Å². The third-order valence-electron chi connectivity index (χ3n) is 2.74. The average molecular weight is 281 g/mol. The molecular weight excluding hydrogens is 258 g/mol. The topological polar surface area (TPSA) is 142 Å². The highest BCUT2D eigenvalue weighted by Gasteiger charge is 2.36. The quantitative estimate of drug-likeness (QED) is 0.254. The molecule has 114 valence electrons. The number of ketones is 1. The number of hydrogen-bond donors (Lipinski definition) is 6. The molecule has 0 spiro atoms. The minimum absolute atomic E-state index is 0.0312. The SMILES string of the molecule is CN(C)CCC(=O)C(O)C(O)C(O)C(O)C(O)CO. The van der Waals surface area contributed by atoms with Gasteiger partial charge in [0.25, 0.3) is 0 Å². The predicted molar refractivity (Wildman–Crippen MR) is 65.3 cm³/mol. The molecule has 0 fully saturated rings. The Morgan fingerprint density at radius 3 is 1.95 bits per heavy atom. The first-order valence-corrected chi connectivity index (χ1v) is 5.91. The van der Waals surface area contributed by atoms with E-state index in [1.54, 1.807) is 19.0 Å². The first kappa shape index (κ1) is 18.4. The molecule has 6 N–H and O–H groups in total. The molecule has 0 amide bonds. The summed E-state index contributed by atoms with van der Waals surface area (Å²) in [6.45, 7) is -0.462. The molecule has 8 heteroatoms. The molecular formula is C11H23NO7. The van der Waals surface area contributed by atoms with Gasteiger partial charge in [0.1, 0.15) is 30.5 Å². The van der Waals surface area contributed by atoms with Crippen LogP contribution in [-0.4, -0.2) is 99.1 Å². The summed E-state index contributed by atoms with van der Waals surface area (Å²) in [6.07, 6.45) is -9.32. The Kier molecular flexibility index (Phi) is 8.26. The molecule has 0 saturated carbocycles. The molecule has 0 rings (SSSR count). The van der Waals surface area contributed by atoms with Gasteiger partial charge in [0.2, 0.25) is 0 Å². The van der Waals surface area contributed by atoms with Gasteiger partial charge in [0.05, 0.1) is 6.61 Å². The van der Waals surface area contributed by atoms with Crippen LogP contribution in [-0.2, 0) is 4.79 Å². The standard InChI is InChI=1S/C11H23NO7/c1-12(2)4-3-6(14)8(16)10(18)11(19)9(17)7(15)5-13/h7-11,13,15-19H,3-5H2,1-2H3. The Hall–Kier alpha value is -0.610. The highest BCUT2D eigenvalue weighted by molar-refractivity contribution is 5.83. The first-order valence-electron chi connectivity index (χ1n) is 5.91. The van der Waals surface area contributed by atoms with Gasteiger partial charge in [-0.3, -0.25) is 4.79 Å². The molecule has 5 atom stereocenters. The van der Waals surface area contributed by atoms with Crippen LogP contribution in [0.25, 0.3) is 0 Å². The molecule has 0 aliphatic rings. The normalized spacial score (nSPS) is 19.8. The minimum Gasteiger partial charge on any atom is -0.394 e. The summed E-state index contributed by atoms with van der Waals surface area (Å²) in [5, 5.41) is 55.6. The van der Waals surface area contributed by atoms with Crippen LogP contribution in [0.4, 0.5) is 0 Å². The third kappa shape index (κ3) is 5.91. The first-order chi connectivity index (χ1) is 8.72. The fraction of sp³-hybridized carbons (Fsp3) is 0.909. The lowest BCUT2D eigenvalue weighted by Crippen LogP contribution is -2.52. The molecule has 0 aliphatic heterocycles. The minimum atomic E-state index is -1.94. The van der Waals surface area contributed by atoms with Crippen LogP contribution in [0.2, 0.25) is 0 Å². The van der Waals surface area contributed by atoms with Crippen LogP contribution in [0, 0.1) is 0 Å². The number of rotatable bonds is 9. The van der Waals surface area contributed by atoms with E-state index in [1.807, 2.05) is 0 Å². The van der Waals surface area contributed by atoms with Gasteiger partial charge in [-0.15, -0.1) is 0 Å². The summed E-state index contributed by atoms with van der Waals surface area (Å²) < 4.78 is 0. The highest BCUT2D eigenvalue weighted by atomic mass is 16.4. The second-order valence-electron chi connectivity index (χ2n) is 4.69. The van der Waals surface area contributed by atoms with Crippen molar-refractivity contribution in [2.45, 2.75) is 36.9 Å². The Bertz CT molecular complexity index is 274. The van der Waals surface area contributed by atoms with Crippen molar-refractivity contribution in [3.05, 3.63) is 0 Å². The largest absolute Gasteiger partial charge is 0.394 e. The maximum atomic E-state index is 11.5. The smallest absolute Gasteiger partial charge is 0.165 e. The van der Waals surface area contributed by atoms with E-state index in [0.29, 0.717) is 6.54 Å². The molecule has 0 saturated heterocycles. The summed E-state index contributed by atoms with van der Waals surface area (Å²) >= 11 is 0. The van der Waals surface area contributed by atoms with Crippen molar-refractivity contribution in [1.29, 1.82) is 0 Å². The highest BCUT2D eigenvalue weighted by Crippen LogP contribution is 2.10. The number of nitrogens with zero attached hydrogens (tertiary/aromatic N) is 1. The molecule has 8 nitrogen and oxygen atoms in total. The van der Waals surface area contributed by atoms with E-state index >= 15 is 0 Å². The van der Waals surface area contributed by atoms with Gasteiger partial charge in [-0.1, -0.05) is 0 Å². The van der Waals surface area contributed by atoms with Crippen LogP contribution in [0.15, 0.2) is 0 Å². The van der Waals surface area contributed by atoms with Gasteiger partial charge < -0.3 is 35.5 Å².